The summed E-state index contributed by atoms with van der Waals surface area (Å²) in [6.45, 7) is 0. The van der Waals surface area contributed by atoms with Crippen LogP contribution in [0.25, 0.3) is 16.6 Å². The van der Waals surface area contributed by atoms with Crippen LogP contribution in [0.3, 0.4) is 0 Å². The Bertz CT molecular complexity index is 762. The maximum Gasteiger partial charge on any atom is 0.248 e. The van der Waals surface area contributed by atoms with Gasteiger partial charge < -0.3 is 5.73 Å². The second-order valence-corrected chi connectivity index (χ2v) is 4.17. The van der Waals surface area contributed by atoms with Crippen LogP contribution in [0.1, 0.15) is 10.4 Å². The van der Waals surface area contributed by atoms with Crippen molar-refractivity contribution in [2.75, 3.05) is 0 Å². The predicted octanol–water partition coefficient (Wildman–Crippen LogP) is 2.26. The van der Waals surface area contributed by atoms with E-state index in [1.807, 2.05) is 0 Å². The molecule has 1 aromatic heterocycles. The van der Waals surface area contributed by atoms with Gasteiger partial charge in [0.05, 0.1) is 17.4 Å². The largest absolute Gasteiger partial charge is 0.366 e. The Labute approximate surface area is 108 Å². The van der Waals surface area contributed by atoms with Crippen molar-refractivity contribution in [1.82, 2.24) is 9.78 Å². The molecule has 0 spiro atoms. The lowest BCUT2D eigenvalue weighted by atomic mass is 10.1. The summed E-state index contributed by atoms with van der Waals surface area (Å²) >= 11 is 0. The summed E-state index contributed by atoms with van der Waals surface area (Å²) in [7, 11) is 0. The molecule has 0 aliphatic heterocycles. The van der Waals surface area contributed by atoms with Gasteiger partial charge in [-0.25, -0.2) is 9.07 Å². The minimum atomic E-state index is -0.492. The van der Waals surface area contributed by atoms with Crippen molar-refractivity contribution in [3.8, 4) is 5.69 Å². The Balaban J connectivity index is 2.21. The number of nitrogens with zero attached hydrogens (tertiary/aromatic N) is 2. The minimum Gasteiger partial charge on any atom is -0.366 e. The molecular weight excluding hydrogens is 245 g/mol. The molecule has 0 unspecified atom stereocenters. The molecule has 0 aliphatic carbocycles. The number of hydrogen-bond acceptors (Lipinski definition) is 2. The lowest BCUT2D eigenvalue weighted by Crippen LogP contribution is -2.10. The normalized spacial score (nSPS) is 10.8. The molecule has 0 atom stereocenters. The van der Waals surface area contributed by atoms with E-state index in [2.05, 4.69) is 5.10 Å². The van der Waals surface area contributed by atoms with Gasteiger partial charge in [0.15, 0.2) is 0 Å². The van der Waals surface area contributed by atoms with Gasteiger partial charge in [0, 0.05) is 10.9 Å². The molecule has 0 fully saturated rings. The molecule has 5 heteroatoms. The third-order valence-electron chi connectivity index (χ3n) is 2.93. The van der Waals surface area contributed by atoms with E-state index in [1.165, 1.54) is 12.1 Å². The van der Waals surface area contributed by atoms with Crippen LogP contribution in [0.2, 0.25) is 0 Å². The molecule has 3 aromatic rings. The smallest absolute Gasteiger partial charge is 0.248 e. The lowest BCUT2D eigenvalue weighted by molar-refractivity contribution is 0.100. The highest BCUT2D eigenvalue weighted by molar-refractivity contribution is 5.97. The third-order valence-corrected chi connectivity index (χ3v) is 2.93. The molecule has 0 saturated carbocycles. The molecule has 1 amide bonds. The zero-order chi connectivity index (χ0) is 13.4. The zero-order valence-corrected chi connectivity index (χ0v) is 9.88. The van der Waals surface area contributed by atoms with Crippen molar-refractivity contribution >= 4 is 16.8 Å². The second kappa shape index (κ2) is 4.20. The quantitative estimate of drug-likeness (QED) is 0.763. The number of benzene rings is 2. The van der Waals surface area contributed by atoms with Crippen molar-refractivity contribution < 1.29 is 9.18 Å². The summed E-state index contributed by atoms with van der Waals surface area (Å²) in [5.74, 6) is -0.799. The van der Waals surface area contributed by atoms with Gasteiger partial charge in [-0.1, -0.05) is 6.07 Å². The maximum atomic E-state index is 12.9. The van der Waals surface area contributed by atoms with E-state index in [4.69, 9.17) is 5.73 Å². The summed E-state index contributed by atoms with van der Waals surface area (Å²) in [6, 6.07) is 11.1. The molecule has 2 N–H and O–H groups in total. The Morgan fingerprint density at radius 2 is 1.89 bits per heavy atom. The van der Waals surface area contributed by atoms with Gasteiger partial charge in [0.2, 0.25) is 5.91 Å². The van der Waals surface area contributed by atoms with E-state index in [9.17, 15) is 9.18 Å². The molecule has 19 heavy (non-hydrogen) atoms. The molecule has 94 valence electrons. The predicted molar refractivity (Wildman–Crippen MR) is 69.5 cm³/mol. The van der Waals surface area contributed by atoms with Gasteiger partial charge in [-0.05, 0) is 36.4 Å². The lowest BCUT2D eigenvalue weighted by Gasteiger charge is -2.04. The molecule has 0 aliphatic rings. The first-order valence-corrected chi connectivity index (χ1v) is 5.69. The summed E-state index contributed by atoms with van der Waals surface area (Å²) < 4.78 is 14.6. The van der Waals surface area contributed by atoms with Crippen molar-refractivity contribution in [2.45, 2.75) is 0 Å². The summed E-state index contributed by atoms with van der Waals surface area (Å²) in [5.41, 5.74) is 7.15. The minimum absolute atomic E-state index is 0.307. The van der Waals surface area contributed by atoms with Crippen LogP contribution in [0.4, 0.5) is 4.39 Å². The van der Waals surface area contributed by atoms with Gasteiger partial charge in [0.1, 0.15) is 5.82 Å². The Kier molecular flexibility index (Phi) is 2.52. The monoisotopic (exact) mass is 255 g/mol. The van der Waals surface area contributed by atoms with Crippen LogP contribution in [0.15, 0.2) is 48.7 Å². The Morgan fingerprint density at radius 1 is 1.16 bits per heavy atom. The molecule has 0 bridgehead atoms. The number of halogens is 1. The summed E-state index contributed by atoms with van der Waals surface area (Å²) in [4.78, 5) is 11.2. The number of carbonyl (C=O) groups excluding carboxylic acids is 1. The van der Waals surface area contributed by atoms with E-state index < -0.39 is 5.91 Å². The number of rotatable bonds is 2. The molecule has 0 radical (unpaired) electrons. The fourth-order valence-electron chi connectivity index (χ4n) is 1.96. The highest BCUT2D eigenvalue weighted by Gasteiger charge is 2.08. The van der Waals surface area contributed by atoms with Crippen molar-refractivity contribution in [3.05, 3.63) is 60.0 Å². The average Bonchev–Trinajstić information content (AvgIpc) is 2.82. The van der Waals surface area contributed by atoms with Crippen LogP contribution in [-0.2, 0) is 0 Å². The number of hydrogen-bond donors (Lipinski definition) is 1. The second-order valence-electron chi connectivity index (χ2n) is 4.17. The number of amides is 1. The molecule has 4 nitrogen and oxygen atoms in total. The first-order valence-electron chi connectivity index (χ1n) is 5.69. The van der Waals surface area contributed by atoms with E-state index in [0.717, 1.165) is 16.6 Å². The van der Waals surface area contributed by atoms with Crippen molar-refractivity contribution in [3.63, 3.8) is 0 Å². The fourth-order valence-corrected chi connectivity index (χ4v) is 1.96. The number of aromatic nitrogens is 2. The molecule has 0 saturated heterocycles. The molecule has 2 aromatic carbocycles. The van der Waals surface area contributed by atoms with E-state index in [1.54, 1.807) is 41.2 Å². The Hall–Kier alpha value is -2.69. The van der Waals surface area contributed by atoms with Crippen LogP contribution < -0.4 is 5.73 Å². The van der Waals surface area contributed by atoms with E-state index in [0.29, 0.717) is 5.56 Å². The molecule has 1 heterocycles. The van der Waals surface area contributed by atoms with Crippen LogP contribution in [0, 0.1) is 5.82 Å². The molecular formula is C14H10FN3O. The van der Waals surface area contributed by atoms with Crippen molar-refractivity contribution in [2.24, 2.45) is 5.73 Å². The van der Waals surface area contributed by atoms with Gasteiger partial charge in [-0.15, -0.1) is 0 Å². The SMILES string of the molecule is NC(=O)c1ccc2cnn(-c3ccc(F)cc3)c2c1. The number of fused-ring (bicyclic) bond motifs is 1. The molecule has 3 rings (SSSR count). The van der Waals surface area contributed by atoms with E-state index >= 15 is 0 Å². The van der Waals surface area contributed by atoms with Crippen LogP contribution in [0.5, 0.6) is 0 Å². The summed E-state index contributed by atoms with van der Waals surface area (Å²) in [5, 5.41) is 5.12. The average molecular weight is 255 g/mol. The van der Waals surface area contributed by atoms with Gasteiger partial charge in [-0.2, -0.15) is 5.10 Å². The highest BCUT2D eigenvalue weighted by atomic mass is 19.1. The van der Waals surface area contributed by atoms with Crippen LogP contribution >= 0.6 is 0 Å². The zero-order valence-electron chi connectivity index (χ0n) is 9.88. The standard InChI is InChI=1S/C14H10FN3O/c15-11-3-5-12(6-4-11)18-13-7-9(14(16)19)1-2-10(13)8-17-18/h1-8H,(H2,16,19). The third kappa shape index (κ3) is 1.95. The van der Waals surface area contributed by atoms with E-state index in [-0.39, 0.29) is 5.82 Å². The number of nitrogens with two attached hydrogens (primary N) is 1. The highest BCUT2D eigenvalue weighted by Crippen LogP contribution is 2.19. The summed E-state index contributed by atoms with van der Waals surface area (Å²) in [6.07, 6.45) is 1.68. The number of primary amides is 1. The van der Waals surface area contributed by atoms with Crippen LogP contribution in [-0.4, -0.2) is 15.7 Å². The Morgan fingerprint density at radius 3 is 2.58 bits per heavy atom. The number of carbonyl (C=O) groups is 1. The van der Waals surface area contributed by atoms with Gasteiger partial charge in [-0.3, -0.25) is 4.79 Å². The maximum absolute atomic E-state index is 12.9. The van der Waals surface area contributed by atoms with Crippen molar-refractivity contribution in [1.29, 1.82) is 0 Å². The fraction of sp³-hybridized carbons (Fsp3) is 0. The first-order chi connectivity index (χ1) is 9.15. The van der Waals surface area contributed by atoms with Gasteiger partial charge in [0.25, 0.3) is 0 Å². The topological polar surface area (TPSA) is 60.9 Å². The van der Waals surface area contributed by atoms with Gasteiger partial charge >= 0.3 is 0 Å². The first kappa shape index (κ1) is 11.4.